The van der Waals surface area contributed by atoms with Gasteiger partial charge in [-0.1, -0.05) is 13.8 Å². The Balaban J connectivity index is 2.03. The van der Waals surface area contributed by atoms with Crippen molar-refractivity contribution in [3.8, 4) is 0 Å². The summed E-state index contributed by atoms with van der Waals surface area (Å²) in [4.78, 5) is 5.17. The van der Waals surface area contributed by atoms with Crippen molar-refractivity contribution in [3.05, 3.63) is 0 Å². The van der Waals surface area contributed by atoms with Gasteiger partial charge in [0, 0.05) is 30.6 Å². The second-order valence-electron chi connectivity index (χ2n) is 5.96. The fraction of sp³-hybridized carbons (Fsp3) is 1.00. The molecule has 0 spiro atoms. The summed E-state index contributed by atoms with van der Waals surface area (Å²) >= 11 is 0. The topological polar surface area (TPSA) is 6.48 Å². The van der Waals surface area contributed by atoms with Gasteiger partial charge in [-0.3, -0.25) is 4.90 Å². The van der Waals surface area contributed by atoms with E-state index >= 15 is 0 Å². The number of fused-ring (bicyclic) bond motifs is 2. The SMILES string of the molecule is CN1CC2CC3(C)C(N2C)C3(C)C1. The third-order valence-corrected chi connectivity index (χ3v) is 5.19. The molecule has 1 aliphatic carbocycles. The van der Waals surface area contributed by atoms with Crippen LogP contribution in [0.2, 0.25) is 0 Å². The Kier molecular flexibility index (Phi) is 1.24. The number of piperidine rings is 1. The summed E-state index contributed by atoms with van der Waals surface area (Å²) in [6.07, 6.45) is 1.43. The lowest BCUT2D eigenvalue weighted by Crippen LogP contribution is -2.35. The third-order valence-electron chi connectivity index (χ3n) is 5.19. The van der Waals surface area contributed by atoms with Crippen molar-refractivity contribution in [2.45, 2.75) is 32.4 Å². The first-order valence-corrected chi connectivity index (χ1v) is 5.39. The lowest BCUT2D eigenvalue weighted by molar-refractivity contribution is 0.233. The number of nitrogens with zero attached hydrogens (tertiary/aromatic N) is 2. The highest BCUT2D eigenvalue weighted by Crippen LogP contribution is 2.73. The molecule has 0 N–H and O–H groups in total. The number of rotatable bonds is 0. The molecule has 3 saturated heterocycles. The average molecular weight is 180 g/mol. The van der Waals surface area contributed by atoms with Crippen molar-refractivity contribution < 1.29 is 0 Å². The molecule has 2 heteroatoms. The van der Waals surface area contributed by atoms with Crippen LogP contribution in [0, 0.1) is 10.8 Å². The van der Waals surface area contributed by atoms with Gasteiger partial charge in [-0.15, -0.1) is 0 Å². The van der Waals surface area contributed by atoms with Crippen LogP contribution in [-0.2, 0) is 0 Å². The molecule has 4 rings (SSSR count). The van der Waals surface area contributed by atoms with E-state index < -0.39 is 0 Å². The molecule has 2 nitrogen and oxygen atoms in total. The van der Waals surface area contributed by atoms with E-state index in [0.29, 0.717) is 10.8 Å². The molecule has 0 aromatic heterocycles. The highest BCUT2D eigenvalue weighted by Gasteiger charge is 2.77. The zero-order chi connectivity index (χ0) is 9.43. The van der Waals surface area contributed by atoms with Crippen LogP contribution in [-0.4, -0.2) is 49.1 Å². The maximum absolute atomic E-state index is 2.64. The molecule has 4 aliphatic rings. The second-order valence-corrected chi connectivity index (χ2v) is 5.96. The van der Waals surface area contributed by atoms with Gasteiger partial charge in [0.1, 0.15) is 0 Å². The first-order chi connectivity index (χ1) is 5.99. The fourth-order valence-electron chi connectivity index (χ4n) is 4.46. The predicted molar refractivity (Wildman–Crippen MR) is 53.7 cm³/mol. The molecule has 74 valence electrons. The van der Waals surface area contributed by atoms with Crippen molar-refractivity contribution in [3.63, 3.8) is 0 Å². The number of hydrogen-bond acceptors (Lipinski definition) is 2. The van der Waals surface area contributed by atoms with Crippen LogP contribution in [0.3, 0.4) is 0 Å². The Bertz CT molecular complexity index is 265. The van der Waals surface area contributed by atoms with Crippen LogP contribution in [0.1, 0.15) is 20.3 Å². The van der Waals surface area contributed by atoms with E-state index in [0.717, 1.165) is 12.1 Å². The standard InChI is InChI=1S/C11H20N2/c1-10-5-8-6-12(3)7-11(10,2)9(10)13(8)4/h8-9H,5-7H2,1-4H3. The minimum atomic E-state index is 0.587. The second kappa shape index (κ2) is 1.96. The van der Waals surface area contributed by atoms with E-state index in [9.17, 15) is 0 Å². The van der Waals surface area contributed by atoms with E-state index in [2.05, 4.69) is 37.7 Å². The van der Waals surface area contributed by atoms with Gasteiger partial charge in [-0.2, -0.15) is 0 Å². The summed E-state index contributed by atoms with van der Waals surface area (Å²) in [5.74, 6) is 0. The highest BCUT2D eigenvalue weighted by atomic mass is 15.3. The van der Waals surface area contributed by atoms with Gasteiger partial charge in [-0.05, 0) is 25.9 Å². The quantitative estimate of drug-likeness (QED) is 0.549. The Morgan fingerprint density at radius 2 is 1.85 bits per heavy atom. The van der Waals surface area contributed by atoms with E-state index in [-0.39, 0.29) is 0 Å². The zero-order valence-electron chi connectivity index (χ0n) is 9.17. The summed E-state index contributed by atoms with van der Waals surface area (Å²) in [6, 6.07) is 1.70. The first kappa shape index (κ1) is 8.25. The lowest BCUT2D eigenvalue weighted by atomic mass is 9.91. The molecule has 0 amide bonds. The van der Waals surface area contributed by atoms with Gasteiger partial charge < -0.3 is 4.90 Å². The molecule has 4 unspecified atom stereocenters. The summed E-state index contributed by atoms with van der Waals surface area (Å²) < 4.78 is 0. The van der Waals surface area contributed by atoms with Crippen LogP contribution in [0.4, 0.5) is 0 Å². The van der Waals surface area contributed by atoms with E-state index in [4.69, 9.17) is 0 Å². The minimum absolute atomic E-state index is 0.587. The predicted octanol–water partition coefficient (Wildman–Crippen LogP) is 1.03. The molecule has 0 radical (unpaired) electrons. The summed E-state index contributed by atoms with van der Waals surface area (Å²) in [7, 11) is 4.60. The third kappa shape index (κ3) is 0.701. The molecule has 0 aromatic carbocycles. The molecule has 0 aromatic rings. The molecule has 3 heterocycles. The molecular formula is C11H20N2. The fourth-order valence-corrected chi connectivity index (χ4v) is 4.46. The molecular weight excluding hydrogens is 160 g/mol. The van der Waals surface area contributed by atoms with Crippen LogP contribution in [0.15, 0.2) is 0 Å². The Labute approximate surface area is 80.9 Å². The van der Waals surface area contributed by atoms with Crippen molar-refractivity contribution in [1.82, 2.24) is 9.80 Å². The Morgan fingerprint density at radius 1 is 1.15 bits per heavy atom. The van der Waals surface area contributed by atoms with Crippen LogP contribution >= 0.6 is 0 Å². The van der Waals surface area contributed by atoms with Gasteiger partial charge in [0.25, 0.3) is 0 Å². The van der Waals surface area contributed by atoms with E-state index in [1.807, 2.05) is 0 Å². The van der Waals surface area contributed by atoms with E-state index in [1.165, 1.54) is 19.5 Å². The molecule has 4 bridgehead atoms. The molecule has 4 fully saturated rings. The Hall–Kier alpha value is -0.0800. The van der Waals surface area contributed by atoms with Gasteiger partial charge in [0.15, 0.2) is 0 Å². The average Bonchev–Trinajstić information content (AvgIpc) is 2.36. The molecule has 13 heavy (non-hydrogen) atoms. The maximum Gasteiger partial charge on any atom is 0.0229 e. The van der Waals surface area contributed by atoms with Crippen molar-refractivity contribution >= 4 is 0 Å². The van der Waals surface area contributed by atoms with Crippen LogP contribution < -0.4 is 0 Å². The van der Waals surface area contributed by atoms with Crippen LogP contribution in [0.5, 0.6) is 0 Å². The van der Waals surface area contributed by atoms with Gasteiger partial charge in [-0.25, -0.2) is 0 Å². The molecule has 3 aliphatic heterocycles. The maximum atomic E-state index is 2.64. The molecule has 1 saturated carbocycles. The van der Waals surface area contributed by atoms with Crippen LogP contribution in [0.25, 0.3) is 0 Å². The minimum Gasteiger partial charge on any atom is -0.304 e. The lowest BCUT2D eigenvalue weighted by Gasteiger charge is -2.23. The number of hydrogen-bond donors (Lipinski definition) is 0. The smallest absolute Gasteiger partial charge is 0.0229 e. The van der Waals surface area contributed by atoms with Gasteiger partial charge >= 0.3 is 0 Å². The van der Waals surface area contributed by atoms with Crippen molar-refractivity contribution in [1.29, 1.82) is 0 Å². The summed E-state index contributed by atoms with van der Waals surface area (Å²) in [5, 5.41) is 0. The monoisotopic (exact) mass is 180 g/mol. The highest BCUT2D eigenvalue weighted by molar-refractivity contribution is 5.30. The normalized spacial score (nSPS) is 60.9. The molecule has 4 atom stereocenters. The summed E-state index contributed by atoms with van der Waals surface area (Å²) in [6.45, 7) is 7.55. The summed E-state index contributed by atoms with van der Waals surface area (Å²) in [5.41, 5.74) is 1.22. The number of likely N-dealkylation sites (N-methyl/N-ethyl adjacent to an activating group) is 2. The van der Waals surface area contributed by atoms with Crippen molar-refractivity contribution in [2.75, 3.05) is 27.2 Å². The van der Waals surface area contributed by atoms with Gasteiger partial charge in [0.05, 0.1) is 0 Å². The zero-order valence-corrected chi connectivity index (χ0v) is 9.17. The largest absolute Gasteiger partial charge is 0.304 e. The first-order valence-electron chi connectivity index (χ1n) is 5.39. The van der Waals surface area contributed by atoms with Gasteiger partial charge in [0.2, 0.25) is 0 Å². The van der Waals surface area contributed by atoms with Crippen molar-refractivity contribution in [2.24, 2.45) is 10.8 Å². The van der Waals surface area contributed by atoms with E-state index in [1.54, 1.807) is 0 Å². The Morgan fingerprint density at radius 3 is 2.38 bits per heavy atom.